The monoisotopic (exact) mass is 311 g/mol. The second-order valence-corrected chi connectivity index (χ2v) is 4.84. The summed E-state index contributed by atoms with van der Waals surface area (Å²) in [6, 6.07) is 9.21. The van der Waals surface area contributed by atoms with Gasteiger partial charge in [0, 0.05) is 31.4 Å². The van der Waals surface area contributed by atoms with Crippen molar-refractivity contribution in [2.75, 3.05) is 6.54 Å². The molecular weight excluding hydrogens is 298 g/mol. The predicted octanol–water partition coefficient (Wildman–Crippen LogP) is 0.780. The van der Waals surface area contributed by atoms with Crippen LogP contribution in [0, 0.1) is 0 Å². The van der Waals surface area contributed by atoms with Crippen molar-refractivity contribution < 1.29 is 9.21 Å². The van der Waals surface area contributed by atoms with Crippen LogP contribution in [-0.4, -0.2) is 22.0 Å². The Bertz CT molecular complexity index is 974. The summed E-state index contributed by atoms with van der Waals surface area (Å²) >= 11 is 0. The lowest BCUT2D eigenvalue weighted by atomic mass is 10.2. The molecule has 0 radical (unpaired) electrons. The number of nitrogens with one attached hydrogen (secondary N) is 1. The largest absolute Gasteiger partial charge is 0.451 e. The zero-order valence-electron chi connectivity index (χ0n) is 12.1. The number of amides is 1. The maximum atomic E-state index is 12.1. The van der Waals surface area contributed by atoms with Crippen molar-refractivity contribution in [2.24, 2.45) is 0 Å². The molecule has 1 amide bonds. The zero-order chi connectivity index (χ0) is 16.2. The molecule has 0 aliphatic heterocycles. The van der Waals surface area contributed by atoms with Gasteiger partial charge in [0.2, 0.25) is 0 Å². The fourth-order valence-corrected chi connectivity index (χ4v) is 2.14. The fourth-order valence-electron chi connectivity index (χ4n) is 2.14. The molecule has 23 heavy (non-hydrogen) atoms. The van der Waals surface area contributed by atoms with Gasteiger partial charge in [-0.2, -0.15) is 0 Å². The Kier molecular flexibility index (Phi) is 4.01. The number of rotatable bonds is 4. The summed E-state index contributed by atoms with van der Waals surface area (Å²) < 4.78 is 6.81. The van der Waals surface area contributed by atoms with Crippen molar-refractivity contribution in [3.63, 3.8) is 0 Å². The molecule has 0 bridgehead atoms. The summed E-state index contributed by atoms with van der Waals surface area (Å²) in [7, 11) is 0. The maximum absolute atomic E-state index is 12.1. The van der Waals surface area contributed by atoms with E-state index >= 15 is 0 Å². The molecule has 0 fully saturated rings. The van der Waals surface area contributed by atoms with Crippen molar-refractivity contribution in [1.29, 1.82) is 0 Å². The van der Waals surface area contributed by atoms with Crippen LogP contribution in [0.25, 0.3) is 11.0 Å². The van der Waals surface area contributed by atoms with E-state index in [1.807, 2.05) is 0 Å². The second-order valence-electron chi connectivity index (χ2n) is 4.84. The molecule has 0 spiro atoms. The summed E-state index contributed by atoms with van der Waals surface area (Å²) in [6.07, 6.45) is 2.80. The molecule has 0 aliphatic carbocycles. The van der Waals surface area contributed by atoms with E-state index in [2.05, 4.69) is 10.3 Å². The van der Waals surface area contributed by atoms with E-state index < -0.39 is 5.91 Å². The smallest absolute Gasteiger partial charge is 0.287 e. The first-order valence-electron chi connectivity index (χ1n) is 6.97. The second kappa shape index (κ2) is 6.27. The summed E-state index contributed by atoms with van der Waals surface area (Å²) in [5.41, 5.74) is -0.124. The van der Waals surface area contributed by atoms with Crippen molar-refractivity contribution >= 4 is 16.9 Å². The van der Waals surface area contributed by atoms with Gasteiger partial charge in [-0.25, -0.2) is 4.98 Å². The van der Waals surface area contributed by atoms with E-state index in [0.29, 0.717) is 11.0 Å². The normalized spacial score (nSPS) is 10.6. The highest BCUT2D eigenvalue weighted by atomic mass is 16.3. The first-order valence-corrected chi connectivity index (χ1v) is 6.97. The summed E-state index contributed by atoms with van der Waals surface area (Å²) in [6.45, 7) is 0.483. The van der Waals surface area contributed by atoms with E-state index in [1.54, 1.807) is 24.3 Å². The van der Waals surface area contributed by atoms with Crippen LogP contribution in [-0.2, 0) is 6.54 Å². The van der Waals surface area contributed by atoms with E-state index in [4.69, 9.17) is 4.42 Å². The maximum Gasteiger partial charge on any atom is 0.287 e. The number of hydrogen-bond donors (Lipinski definition) is 1. The number of aromatic nitrogens is 2. The number of hydrogen-bond acceptors (Lipinski definition) is 5. The number of fused-ring (bicyclic) bond motifs is 1. The molecule has 7 nitrogen and oxygen atoms in total. The van der Waals surface area contributed by atoms with E-state index in [0.717, 1.165) is 6.07 Å². The lowest BCUT2D eigenvalue weighted by molar-refractivity contribution is 0.0925. The lowest BCUT2D eigenvalue weighted by Gasteiger charge is -2.06. The van der Waals surface area contributed by atoms with Crippen molar-refractivity contribution in [3.05, 3.63) is 75.3 Å². The number of carbonyl (C=O) groups excluding carboxylic acids is 1. The Morgan fingerprint density at radius 1 is 1.22 bits per heavy atom. The molecule has 116 valence electrons. The highest BCUT2D eigenvalue weighted by molar-refractivity contribution is 5.93. The minimum Gasteiger partial charge on any atom is -0.451 e. The molecule has 0 aliphatic rings. The van der Waals surface area contributed by atoms with Crippen LogP contribution in [0.15, 0.2) is 62.9 Å². The summed E-state index contributed by atoms with van der Waals surface area (Å²) in [5, 5.41) is 3.03. The van der Waals surface area contributed by atoms with Gasteiger partial charge < -0.3 is 9.73 Å². The van der Waals surface area contributed by atoms with E-state index in [-0.39, 0.29) is 29.8 Å². The highest BCUT2D eigenvalue weighted by Crippen LogP contribution is 2.11. The average Bonchev–Trinajstić information content (AvgIpc) is 2.56. The number of nitrogens with zero attached hydrogens (tertiary/aromatic N) is 2. The van der Waals surface area contributed by atoms with Gasteiger partial charge in [-0.1, -0.05) is 12.1 Å². The molecule has 2 aromatic heterocycles. The third-order valence-electron chi connectivity index (χ3n) is 3.29. The average molecular weight is 311 g/mol. The third kappa shape index (κ3) is 3.18. The van der Waals surface area contributed by atoms with Gasteiger partial charge in [0.05, 0.1) is 11.7 Å². The van der Waals surface area contributed by atoms with Gasteiger partial charge in [-0.3, -0.25) is 19.0 Å². The Hall–Kier alpha value is -3.22. The van der Waals surface area contributed by atoms with Crippen LogP contribution in [0.1, 0.15) is 10.6 Å². The lowest BCUT2D eigenvalue weighted by Crippen LogP contribution is -2.31. The Labute approximate surface area is 130 Å². The first kappa shape index (κ1) is 14.7. The molecule has 3 aromatic rings. The van der Waals surface area contributed by atoms with Gasteiger partial charge in [-0.15, -0.1) is 0 Å². The minimum atomic E-state index is -0.509. The van der Waals surface area contributed by atoms with Gasteiger partial charge in [-0.05, 0) is 12.1 Å². The number of carbonyl (C=O) groups is 1. The van der Waals surface area contributed by atoms with Crippen molar-refractivity contribution in [2.45, 2.75) is 6.54 Å². The Morgan fingerprint density at radius 3 is 2.87 bits per heavy atom. The SMILES string of the molecule is O=C(NCCn1cnccc1=O)c1cc(=O)c2ccccc2o1. The Balaban J connectivity index is 1.73. The third-order valence-corrected chi connectivity index (χ3v) is 3.29. The molecule has 1 N–H and O–H groups in total. The molecule has 0 unspecified atom stereocenters. The van der Waals surface area contributed by atoms with Crippen LogP contribution in [0.3, 0.4) is 0 Å². The van der Waals surface area contributed by atoms with Gasteiger partial charge in [0.1, 0.15) is 5.58 Å². The van der Waals surface area contributed by atoms with Gasteiger partial charge in [0.25, 0.3) is 11.5 Å². The predicted molar refractivity (Wildman–Crippen MR) is 83.3 cm³/mol. The molecule has 0 saturated carbocycles. The standard InChI is InChI=1S/C16H13N3O4/c20-12-9-14(23-13-4-2-1-3-11(12)13)16(22)18-7-8-19-10-17-6-5-15(19)21/h1-6,9-10H,7-8H2,(H,18,22). The number of benzene rings is 1. The number of para-hydroxylation sites is 1. The quantitative estimate of drug-likeness (QED) is 0.768. The van der Waals surface area contributed by atoms with Crippen LogP contribution >= 0.6 is 0 Å². The molecule has 0 atom stereocenters. The van der Waals surface area contributed by atoms with Crippen LogP contribution in [0.4, 0.5) is 0 Å². The van der Waals surface area contributed by atoms with Crippen molar-refractivity contribution in [1.82, 2.24) is 14.9 Å². The van der Waals surface area contributed by atoms with Crippen LogP contribution < -0.4 is 16.3 Å². The molecular formula is C16H13N3O4. The topological polar surface area (TPSA) is 94.2 Å². The highest BCUT2D eigenvalue weighted by Gasteiger charge is 2.11. The van der Waals surface area contributed by atoms with Crippen molar-refractivity contribution in [3.8, 4) is 0 Å². The molecule has 1 aromatic carbocycles. The molecule has 0 saturated heterocycles. The fraction of sp³-hybridized carbons (Fsp3) is 0.125. The summed E-state index contributed by atoms with van der Waals surface area (Å²) in [4.78, 5) is 39.4. The first-order chi connectivity index (χ1) is 11.1. The molecule has 3 rings (SSSR count). The van der Waals surface area contributed by atoms with Crippen LogP contribution in [0.5, 0.6) is 0 Å². The van der Waals surface area contributed by atoms with Crippen LogP contribution in [0.2, 0.25) is 0 Å². The molecule has 2 heterocycles. The Morgan fingerprint density at radius 2 is 2.04 bits per heavy atom. The van der Waals surface area contributed by atoms with Gasteiger partial charge in [0.15, 0.2) is 11.2 Å². The zero-order valence-corrected chi connectivity index (χ0v) is 12.1. The van der Waals surface area contributed by atoms with E-state index in [9.17, 15) is 14.4 Å². The summed E-state index contributed by atoms with van der Waals surface area (Å²) in [5.74, 6) is -0.572. The van der Waals surface area contributed by atoms with E-state index in [1.165, 1.54) is 23.2 Å². The van der Waals surface area contributed by atoms with Gasteiger partial charge >= 0.3 is 0 Å². The molecule has 7 heteroatoms. The minimum absolute atomic E-state index is 0.0627.